The van der Waals surface area contributed by atoms with Crippen LogP contribution in [0.25, 0.3) is 0 Å². The molecule has 0 spiro atoms. The Labute approximate surface area is 160 Å². The number of hydrogen-bond donors (Lipinski definition) is 2. The van der Waals surface area contributed by atoms with E-state index in [0.717, 1.165) is 0 Å². The third-order valence-electron chi connectivity index (χ3n) is 5.84. The topological polar surface area (TPSA) is 107 Å². The largest absolute Gasteiger partial charge is 0.481 e. The van der Waals surface area contributed by atoms with Crippen LogP contribution in [0.3, 0.4) is 0 Å². The zero-order chi connectivity index (χ0) is 20.6. The fourth-order valence-corrected chi connectivity index (χ4v) is 4.43. The molecule has 154 valence electrons. The molecule has 2 aliphatic rings. The molecule has 27 heavy (non-hydrogen) atoms. The number of amides is 1. The van der Waals surface area contributed by atoms with E-state index in [4.69, 9.17) is 4.74 Å². The molecule has 1 atom stereocenters. The fraction of sp³-hybridized carbons (Fsp3) is 0.842. The van der Waals surface area contributed by atoms with Crippen molar-refractivity contribution < 1.29 is 29.3 Å². The number of carbonyl (C=O) groups is 3. The molecule has 0 aromatic rings. The monoisotopic (exact) mass is 384 g/mol. The van der Waals surface area contributed by atoms with Gasteiger partial charge >= 0.3 is 18.0 Å². The summed E-state index contributed by atoms with van der Waals surface area (Å²) in [6.45, 7) is 10.5. The maximum Gasteiger partial charge on any atom is 0.410 e. The van der Waals surface area contributed by atoms with Crippen molar-refractivity contribution in [1.82, 2.24) is 9.80 Å². The van der Waals surface area contributed by atoms with Crippen molar-refractivity contribution in [3.63, 3.8) is 0 Å². The first-order valence-electron chi connectivity index (χ1n) is 9.49. The van der Waals surface area contributed by atoms with E-state index in [1.54, 1.807) is 25.7 Å². The lowest BCUT2D eigenvalue weighted by atomic mass is 9.65. The average molecular weight is 384 g/mol. The molecule has 8 nitrogen and oxygen atoms in total. The summed E-state index contributed by atoms with van der Waals surface area (Å²) in [5.41, 5.74) is -2.46. The zero-order valence-corrected chi connectivity index (χ0v) is 16.9. The van der Waals surface area contributed by atoms with E-state index < -0.39 is 40.5 Å². The summed E-state index contributed by atoms with van der Waals surface area (Å²) in [6.07, 6.45) is 0.734. The van der Waals surface area contributed by atoms with Crippen LogP contribution in [0.2, 0.25) is 0 Å². The standard InChI is InChI=1S/C19H32N2O6/c1-17(2,3)27-16(26)20-11-8-19(15(24)25,18(4,5)12-20)21-9-6-13(7-10-21)14(22)23/h13H,6-12H2,1-5H3,(H,22,23)(H,24,25). The lowest BCUT2D eigenvalue weighted by Gasteiger charge is -2.56. The minimum Gasteiger partial charge on any atom is -0.481 e. The molecule has 1 amide bonds. The van der Waals surface area contributed by atoms with Gasteiger partial charge in [-0.3, -0.25) is 14.5 Å². The molecule has 0 aromatic heterocycles. The summed E-state index contributed by atoms with van der Waals surface area (Å²) in [5.74, 6) is -2.15. The van der Waals surface area contributed by atoms with Crippen LogP contribution in [0.4, 0.5) is 4.79 Å². The van der Waals surface area contributed by atoms with E-state index in [9.17, 15) is 24.6 Å². The van der Waals surface area contributed by atoms with Crippen LogP contribution in [0.1, 0.15) is 53.9 Å². The first-order valence-corrected chi connectivity index (χ1v) is 9.49. The van der Waals surface area contributed by atoms with Crippen molar-refractivity contribution in [2.24, 2.45) is 11.3 Å². The van der Waals surface area contributed by atoms with Gasteiger partial charge in [-0.25, -0.2) is 4.79 Å². The minimum atomic E-state index is -1.13. The van der Waals surface area contributed by atoms with Crippen molar-refractivity contribution in [2.75, 3.05) is 26.2 Å². The highest BCUT2D eigenvalue weighted by Crippen LogP contribution is 2.45. The van der Waals surface area contributed by atoms with Gasteiger partial charge in [0.1, 0.15) is 11.1 Å². The van der Waals surface area contributed by atoms with Crippen LogP contribution in [0.15, 0.2) is 0 Å². The number of rotatable bonds is 3. The number of likely N-dealkylation sites (tertiary alicyclic amines) is 2. The normalized spacial score (nSPS) is 27.2. The Balaban J connectivity index is 2.20. The highest BCUT2D eigenvalue weighted by atomic mass is 16.6. The maximum atomic E-state index is 12.5. The minimum absolute atomic E-state index is 0.271. The van der Waals surface area contributed by atoms with Gasteiger partial charge in [0.2, 0.25) is 0 Å². The molecule has 0 saturated carbocycles. The third-order valence-corrected chi connectivity index (χ3v) is 5.84. The van der Waals surface area contributed by atoms with Crippen LogP contribution in [0, 0.1) is 11.3 Å². The van der Waals surface area contributed by atoms with Gasteiger partial charge in [-0.15, -0.1) is 0 Å². The summed E-state index contributed by atoms with van der Waals surface area (Å²) in [7, 11) is 0. The molecule has 2 saturated heterocycles. The molecule has 1 unspecified atom stereocenters. The van der Waals surface area contributed by atoms with Gasteiger partial charge < -0.3 is 19.8 Å². The highest BCUT2D eigenvalue weighted by molar-refractivity contribution is 5.81. The Bertz CT molecular complexity index is 604. The molecule has 0 aliphatic carbocycles. The van der Waals surface area contributed by atoms with Gasteiger partial charge in [-0.05, 0) is 40.0 Å². The quantitative estimate of drug-likeness (QED) is 0.768. The molecule has 2 N–H and O–H groups in total. The van der Waals surface area contributed by atoms with Crippen molar-refractivity contribution in [3.05, 3.63) is 0 Å². The Morgan fingerprint density at radius 2 is 1.59 bits per heavy atom. The Morgan fingerprint density at radius 1 is 1.04 bits per heavy atom. The van der Waals surface area contributed by atoms with E-state index in [0.29, 0.717) is 32.5 Å². The van der Waals surface area contributed by atoms with Gasteiger partial charge in [0.05, 0.1) is 5.92 Å². The van der Waals surface area contributed by atoms with Crippen LogP contribution < -0.4 is 0 Å². The summed E-state index contributed by atoms with van der Waals surface area (Å²) < 4.78 is 5.45. The number of nitrogens with zero attached hydrogens (tertiary/aromatic N) is 2. The van der Waals surface area contributed by atoms with Crippen molar-refractivity contribution in [3.8, 4) is 0 Å². The van der Waals surface area contributed by atoms with Crippen LogP contribution in [-0.2, 0) is 14.3 Å². The molecular formula is C19H32N2O6. The number of carbonyl (C=O) groups excluding carboxylic acids is 1. The maximum absolute atomic E-state index is 12.5. The van der Waals surface area contributed by atoms with Gasteiger partial charge in [0, 0.05) is 31.6 Å². The summed E-state index contributed by atoms with van der Waals surface area (Å²) in [6, 6.07) is 0. The molecule has 2 aliphatic heterocycles. The number of piperidine rings is 2. The van der Waals surface area contributed by atoms with E-state index in [1.807, 2.05) is 18.7 Å². The van der Waals surface area contributed by atoms with Crippen LogP contribution in [-0.4, -0.2) is 75.4 Å². The molecular weight excluding hydrogens is 352 g/mol. The molecule has 2 fully saturated rings. The molecule has 2 rings (SSSR count). The number of aliphatic carboxylic acids is 2. The molecule has 0 aromatic carbocycles. The van der Waals surface area contributed by atoms with Crippen LogP contribution >= 0.6 is 0 Å². The lowest BCUT2D eigenvalue weighted by Crippen LogP contribution is -2.71. The van der Waals surface area contributed by atoms with Crippen LogP contribution in [0.5, 0.6) is 0 Å². The second-order valence-corrected chi connectivity index (χ2v) is 9.30. The third kappa shape index (κ3) is 4.20. The number of carboxylic acid groups (broad SMARTS) is 2. The average Bonchev–Trinajstić information content (AvgIpc) is 2.52. The van der Waals surface area contributed by atoms with Gasteiger partial charge in [0.25, 0.3) is 0 Å². The first kappa shape index (κ1) is 21.5. The SMILES string of the molecule is CC(C)(C)OC(=O)N1CCC(C(=O)O)(N2CCC(C(=O)O)CC2)C(C)(C)C1. The highest BCUT2D eigenvalue weighted by Gasteiger charge is 2.59. The van der Waals surface area contributed by atoms with E-state index in [-0.39, 0.29) is 13.0 Å². The Kier molecular flexibility index (Phi) is 5.80. The summed E-state index contributed by atoms with van der Waals surface area (Å²) >= 11 is 0. The second-order valence-electron chi connectivity index (χ2n) is 9.30. The van der Waals surface area contributed by atoms with E-state index in [1.165, 1.54) is 0 Å². The summed E-state index contributed by atoms with van der Waals surface area (Å²) in [4.78, 5) is 39.6. The number of ether oxygens (including phenoxy) is 1. The van der Waals surface area contributed by atoms with E-state index >= 15 is 0 Å². The molecule has 2 heterocycles. The zero-order valence-electron chi connectivity index (χ0n) is 16.9. The smallest absolute Gasteiger partial charge is 0.410 e. The molecule has 8 heteroatoms. The van der Waals surface area contributed by atoms with Crippen molar-refractivity contribution >= 4 is 18.0 Å². The predicted octanol–water partition coefficient (Wildman–Crippen LogP) is 2.27. The fourth-order valence-electron chi connectivity index (χ4n) is 4.43. The van der Waals surface area contributed by atoms with Gasteiger partial charge in [0.15, 0.2) is 0 Å². The Morgan fingerprint density at radius 3 is 2.00 bits per heavy atom. The molecule has 0 radical (unpaired) electrons. The first-order chi connectivity index (χ1) is 12.3. The van der Waals surface area contributed by atoms with Gasteiger partial charge in [-0.2, -0.15) is 0 Å². The second kappa shape index (κ2) is 7.30. The lowest BCUT2D eigenvalue weighted by molar-refractivity contribution is -0.172. The van der Waals surface area contributed by atoms with Gasteiger partial charge in [-0.1, -0.05) is 13.8 Å². The Hall–Kier alpha value is -1.83. The molecule has 0 bridgehead atoms. The predicted molar refractivity (Wildman–Crippen MR) is 98.5 cm³/mol. The van der Waals surface area contributed by atoms with Crippen molar-refractivity contribution in [2.45, 2.75) is 65.0 Å². The number of hydrogen-bond acceptors (Lipinski definition) is 5. The summed E-state index contributed by atoms with van der Waals surface area (Å²) in [5, 5.41) is 19.4. The van der Waals surface area contributed by atoms with E-state index in [2.05, 4.69) is 0 Å². The van der Waals surface area contributed by atoms with Crippen molar-refractivity contribution in [1.29, 1.82) is 0 Å². The number of carboxylic acids is 2.